The zero-order valence-electron chi connectivity index (χ0n) is 15.2. The number of hydrogen-bond acceptors (Lipinski definition) is 3. The highest BCUT2D eigenvalue weighted by molar-refractivity contribution is 5.96. The largest absolute Gasteiger partial charge is 0.478 e. The molecule has 0 bridgehead atoms. The summed E-state index contributed by atoms with van der Waals surface area (Å²) in [5.74, 6) is -1.67. The van der Waals surface area contributed by atoms with Crippen LogP contribution in [0.4, 0.5) is 4.39 Å². The van der Waals surface area contributed by atoms with Crippen LogP contribution in [-0.4, -0.2) is 17.9 Å². The minimum atomic E-state index is -0.988. The Kier molecular flexibility index (Phi) is 6.01. The quantitative estimate of drug-likeness (QED) is 0.665. The number of amides is 2. The van der Waals surface area contributed by atoms with Gasteiger partial charge in [0.25, 0.3) is 11.8 Å². The third-order valence-corrected chi connectivity index (χ3v) is 4.06. The van der Waals surface area contributed by atoms with E-state index in [1.807, 2.05) is 42.5 Å². The lowest BCUT2D eigenvalue weighted by Gasteiger charge is -2.15. The second-order valence-electron chi connectivity index (χ2n) is 6.08. The Balaban J connectivity index is 1.54. The third kappa shape index (κ3) is 4.73. The second kappa shape index (κ2) is 8.81. The zero-order valence-corrected chi connectivity index (χ0v) is 15.2. The van der Waals surface area contributed by atoms with Gasteiger partial charge in [-0.05, 0) is 42.3 Å². The Morgan fingerprint density at radius 2 is 1.43 bits per heavy atom. The molecule has 3 aromatic carbocycles. The van der Waals surface area contributed by atoms with Crippen LogP contribution in [0.25, 0.3) is 11.1 Å². The molecule has 0 aliphatic heterocycles. The summed E-state index contributed by atoms with van der Waals surface area (Å²) >= 11 is 0. The van der Waals surface area contributed by atoms with E-state index in [4.69, 9.17) is 4.74 Å². The Morgan fingerprint density at radius 1 is 0.821 bits per heavy atom. The van der Waals surface area contributed by atoms with E-state index in [0.29, 0.717) is 5.56 Å². The number of rotatable bonds is 5. The SMILES string of the molecule is C[C@@H](Oc1ccccc1F)C(=O)NNC(=O)c1ccc(-c2ccccc2)cc1. The van der Waals surface area contributed by atoms with Gasteiger partial charge in [-0.2, -0.15) is 0 Å². The number of nitrogens with one attached hydrogen (secondary N) is 2. The summed E-state index contributed by atoms with van der Waals surface area (Å²) in [5, 5.41) is 0. The van der Waals surface area contributed by atoms with Crippen LogP contribution in [0.15, 0.2) is 78.9 Å². The van der Waals surface area contributed by atoms with Crippen LogP contribution in [0, 0.1) is 5.82 Å². The summed E-state index contributed by atoms with van der Waals surface area (Å²) in [5.41, 5.74) is 7.02. The maximum Gasteiger partial charge on any atom is 0.279 e. The Hall–Kier alpha value is -3.67. The average Bonchev–Trinajstić information content (AvgIpc) is 2.74. The molecule has 3 aromatic rings. The fraction of sp³-hybridized carbons (Fsp3) is 0.0909. The Labute approximate surface area is 162 Å². The lowest BCUT2D eigenvalue weighted by atomic mass is 10.0. The van der Waals surface area contributed by atoms with Gasteiger partial charge in [0.2, 0.25) is 0 Å². The highest BCUT2D eigenvalue weighted by Crippen LogP contribution is 2.19. The molecule has 2 amide bonds. The minimum Gasteiger partial charge on any atom is -0.478 e. The van der Waals surface area contributed by atoms with E-state index in [1.54, 1.807) is 18.2 Å². The van der Waals surface area contributed by atoms with Gasteiger partial charge in [0, 0.05) is 5.56 Å². The number of carbonyl (C=O) groups excluding carboxylic acids is 2. The molecule has 5 nitrogen and oxygen atoms in total. The molecule has 2 N–H and O–H groups in total. The van der Waals surface area contributed by atoms with E-state index in [1.165, 1.54) is 25.1 Å². The van der Waals surface area contributed by atoms with Crippen molar-refractivity contribution in [2.75, 3.05) is 0 Å². The van der Waals surface area contributed by atoms with Crippen molar-refractivity contribution in [3.8, 4) is 16.9 Å². The maximum absolute atomic E-state index is 13.6. The number of carbonyl (C=O) groups is 2. The van der Waals surface area contributed by atoms with Gasteiger partial charge in [0.05, 0.1) is 0 Å². The number of benzene rings is 3. The smallest absolute Gasteiger partial charge is 0.279 e. The average molecular weight is 378 g/mol. The highest BCUT2D eigenvalue weighted by atomic mass is 19.1. The summed E-state index contributed by atoms with van der Waals surface area (Å²) in [6.07, 6.45) is -0.988. The normalized spacial score (nSPS) is 11.4. The van der Waals surface area contributed by atoms with Crippen molar-refractivity contribution in [3.05, 3.63) is 90.2 Å². The molecule has 6 heteroatoms. The topological polar surface area (TPSA) is 67.4 Å². The molecule has 0 spiro atoms. The van der Waals surface area contributed by atoms with Crippen LogP contribution < -0.4 is 15.6 Å². The van der Waals surface area contributed by atoms with Crippen molar-refractivity contribution >= 4 is 11.8 Å². The molecule has 0 saturated carbocycles. The van der Waals surface area contributed by atoms with Crippen molar-refractivity contribution in [3.63, 3.8) is 0 Å². The van der Waals surface area contributed by atoms with Crippen LogP contribution in [-0.2, 0) is 4.79 Å². The predicted octanol–water partition coefficient (Wildman–Crippen LogP) is 3.72. The van der Waals surface area contributed by atoms with Gasteiger partial charge in [-0.25, -0.2) is 4.39 Å². The fourth-order valence-electron chi connectivity index (χ4n) is 2.52. The van der Waals surface area contributed by atoms with Crippen molar-refractivity contribution in [1.82, 2.24) is 10.9 Å². The minimum absolute atomic E-state index is 0.0343. The number of para-hydroxylation sites is 1. The van der Waals surface area contributed by atoms with Crippen LogP contribution in [0.2, 0.25) is 0 Å². The van der Waals surface area contributed by atoms with Crippen molar-refractivity contribution in [2.24, 2.45) is 0 Å². The van der Waals surface area contributed by atoms with E-state index in [0.717, 1.165) is 11.1 Å². The standard InChI is InChI=1S/C22H19FN2O3/c1-15(28-20-10-6-5-9-19(20)23)21(26)24-25-22(27)18-13-11-17(12-14-18)16-7-3-2-4-8-16/h2-15H,1H3,(H,24,26)(H,25,27)/t15-/m1/s1. The monoisotopic (exact) mass is 378 g/mol. The van der Waals surface area contributed by atoms with Gasteiger partial charge in [0.15, 0.2) is 17.7 Å². The third-order valence-electron chi connectivity index (χ3n) is 4.06. The molecule has 0 fully saturated rings. The Bertz CT molecular complexity index is 959. The summed E-state index contributed by atoms with van der Waals surface area (Å²) in [7, 11) is 0. The van der Waals surface area contributed by atoms with Crippen molar-refractivity contribution < 1.29 is 18.7 Å². The molecule has 0 aliphatic carbocycles. The summed E-state index contributed by atoms with van der Waals surface area (Å²) in [6, 6.07) is 22.6. The molecule has 0 heterocycles. The summed E-state index contributed by atoms with van der Waals surface area (Å²) in [4.78, 5) is 24.3. The van der Waals surface area contributed by atoms with E-state index in [-0.39, 0.29) is 5.75 Å². The summed E-state index contributed by atoms with van der Waals surface area (Å²) < 4.78 is 18.8. The van der Waals surface area contributed by atoms with Gasteiger partial charge in [-0.3, -0.25) is 20.4 Å². The Morgan fingerprint density at radius 3 is 2.11 bits per heavy atom. The van der Waals surface area contributed by atoms with E-state index in [2.05, 4.69) is 10.9 Å². The number of ether oxygens (including phenoxy) is 1. The lowest BCUT2D eigenvalue weighted by molar-refractivity contribution is -0.128. The predicted molar refractivity (Wildman–Crippen MR) is 104 cm³/mol. The molecule has 0 unspecified atom stereocenters. The van der Waals surface area contributed by atoms with E-state index in [9.17, 15) is 14.0 Å². The van der Waals surface area contributed by atoms with Crippen LogP contribution >= 0.6 is 0 Å². The van der Waals surface area contributed by atoms with Gasteiger partial charge < -0.3 is 4.74 Å². The number of hydrazine groups is 1. The van der Waals surface area contributed by atoms with Gasteiger partial charge in [-0.15, -0.1) is 0 Å². The first-order valence-corrected chi connectivity index (χ1v) is 8.71. The van der Waals surface area contributed by atoms with E-state index < -0.39 is 23.7 Å². The first-order valence-electron chi connectivity index (χ1n) is 8.71. The molecule has 3 rings (SSSR count). The fourth-order valence-corrected chi connectivity index (χ4v) is 2.52. The molecule has 0 aliphatic rings. The van der Waals surface area contributed by atoms with Crippen LogP contribution in [0.1, 0.15) is 17.3 Å². The van der Waals surface area contributed by atoms with E-state index >= 15 is 0 Å². The molecule has 0 aromatic heterocycles. The lowest BCUT2D eigenvalue weighted by Crippen LogP contribution is -2.47. The maximum atomic E-state index is 13.6. The molecule has 28 heavy (non-hydrogen) atoms. The molecule has 0 saturated heterocycles. The van der Waals surface area contributed by atoms with Crippen LogP contribution in [0.5, 0.6) is 5.75 Å². The first-order chi connectivity index (χ1) is 13.5. The van der Waals surface area contributed by atoms with Gasteiger partial charge in [0.1, 0.15) is 0 Å². The molecule has 0 radical (unpaired) electrons. The first kappa shape index (κ1) is 19.1. The van der Waals surface area contributed by atoms with Crippen LogP contribution in [0.3, 0.4) is 0 Å². The number of hydrogen-bond donors (Lipinski definition) is 2. The molecule has 1 atom stereocenters. The number of halogens is 1. The van der Waals surface area contributed by atoms with Crippen molar-refractivity contribution in [2.45, 2.75) is 13.0 Å². The van der Waals surface area contributed by atoms with Gasteiger partial charge >= 0.3 is 0 Å². The highest BCUT2D eigenvalue weighted by Gasteiger charge is 2.17. The zero-order chi connectivity index (χ0) is 19.9. The summed E-state index contributed by atoms with van der Waals surface area (Å²) in [6.45, 7) is 1.46. The molecular weight excluding hydrogens is 359 g/mol. The van der Waals surface area contributed by atoms with Crippen molar-refractivity contribution in [1.29, 1.82) is 0 Å². The molecular formula is C22H19FN2O3. The van der Waals surface area contributed by atoms with Gasteiger partial charge in [-0.1, -0.05) is 54.6 Å². The molecule has 142 valence electrons. The second-order valence-corrected chi connectivity index (χ2v) is 6.08.